The average molecular weight is 440 g/mol. The summed E-state index contributed by atoms with van der Waals surface area (Å²) < 4.78 is 5.44. The van der Waals surface area contributed by atoms with E-state index in [-0.39, 0.29) is 24.0 Å². The normalized spacial score (nSPS) is 18.2. The van der Waals surface area contributed by atoms with Gasteiger partial charge >= 0.3 is 0 Å². The predicted octanol–water partition coefficient (Wildman–Crippen LogP) is 3.77. The highest BCUT2D eigenvalue weighted by molar-refractivity contribution is 14.0. The lowest BCUT2D eigenvalue weighted by Gasteiger charge is -2.33. The van der Waals surface area contributed by atoms with Crippen molar-refractivity contribution in [3.8, 4) is 11.3 Å². The molecule has 130 valence electrons. The predicted molar refractivity (Wildman–Crippen MR) is 108 cm³/mol. The molecule has 1 N–H and O–H groups in total. The molecule has 1 unspecified atom stereocenters. The Morgan fingerprint density at radius 3 is 2.88 bits per heavy atom. The Kier molecular flexibility index (Phi) is 7.08. The van der Waals surface area contributed by atoms with Gasteiger partial charge in [0.1, 0.15) is 5.69 Å². The van der Waals surface area contributed by atoms with Gasteiger partial charge < -0.3 is 14.7 Å². The zero-order valence-electron chi connectivity index (χ0n) is 14.2. The molecule has 0 saturated carbocycles. The van der Waals surface area contributed by atoms with Gasteiger partial charge in [0, 0.05) is 31.8 Å². The van der Waals surface area contributed by atoms with Crippen LogP contribution in [0.15, 0.2) is 45.9 Å². The molecule has 24 heavy (non-hydrogen) atoms. The first-order valence-corrected chi connectivity index (χ1v) is 8.23. The van der Waals surface area contributed by atoms with Crippen LogP contribution < -0.4 is 5.32 Å². The largest absolute Gasteiger partial charge is 0.359 e. The van der Waals surface area contributed by atoms with Crippen LogP contribution in [0.25, 0.3) is 11.3 Å². The van der Waals surface area contributed by atoms with Gasteiger partial charge in [0.15, 0.2) is 11.7 Å². The SMILES string of the molecule is CN=C(NCc1cc(-c2ccccc2)no1)N1CCCC(C)C1.I. The third-order valence-electron chi connectivity index (χ3n) is 4.22. The number of guanidine groups is 1. The van der Waals surface area contributed by atoms with Crippen LogP contribution in [0.1, 0.15) is 25.5 Å². The van der Waals surface area contributed by atoms with Gasteiger partial charge in [0.2, 0.25) is 0 Å². The second kappa shape index (κ2) is 9.05. The Bertz CT molecular complexity index is 656. The maximum atomic E-state index is 5.44. The molecule has 0 radical (unpaired) electrons. The van der Waals surface area contributed by atoms with Crippen LogP contribution in [0.5, 0.6) is 0 Å². The van der Waals surface area contributed by atoms with Crippen molar-refractivity contribution in [2.75, 3.05) is 20.1 Å². The van der Waals surface area contributed by atoms with Gasteiger partial charge in [-0.2, -0.15) is 0 Å². The smallest absolute Gasteiger partial charge is 0.194 e. The van der Waals surface area contributed by atoms with Gasteiger partial charge in [0.25, 0.3) is 0 Å². The molecular weight excluding hydrogens is 415 g/mol. The second-order valence-corrected chi connectivity index (χ2v) is 6.14. The molecule has 2 heterocycles. The van der Waals surface area contributed by atoms with Crippen molar-refractivity contribution in [1.82, 2.24) is 15.4 Å². The fourth-order valence-corrected chi connectivity index (χ4v) is 3.02. The number of piperidine rings is 1. The second-order valence-electron chi connectivity index (χ2n) is 6.14. The number of aliphatic imine (C=N–C) groups is 1. The summed E-state index contributed by atoms with van der Waals surface area (Å²) >= 11 is 0. The van der Waals surface area contributed by atoms with Gasteiger partial charge in [0.05, 0.1) is 6.54 Å². The van der Waals surface area contributed by atoms with E-state index in [9.17, 15) is 0 Å². The van der Waals surface area contributed by atoms with E-state index in [2.05, 4.69) is 27.3 Å². The highest BCUT2D eigenvalue weighted by atomic mass is 127. The Balaban J connectivity index is 0.00000208. The third kappa shape index (κ3) is 4.72. The number of benzene rings is 1. The number of nitrogens with one attached hydrogen (secondary N) is 1. The van der Waals surface area contributed by atoms with E-state index in [1.54, 1.807) is 0 Å². The van der Waals surface area contributed by atoms with Crippen LogP contribution in [-0.2, 0) is 6.54 Å². The Labute approximate surface area is 160 Å². The minimum Gasteiger partial charge on any atom is -0.359 e. The molecule has 1 aromatic carbocycles. The van der Waals surface area contributed by atoms with E-state index >= 15 is 0 Å². The van der Waals surface area contributed by atoms with Crippen molar-refractivity contribution < 1.29 is 4.52 Å². The summed E-state index contributed by atoms with van der Waals surface area (Å²) in [5.41, 5.74) is 1.93. The van der Waals surface area contributed by atoms with Crippen molar-refractivity contribution in [2.45, 2.75) is 26.3 Å². The quantitative estimate of drug-likeness (QED) is 0.449. The number of likely N-dealkylation sites (tertiary alicyclic amines) is 1. The van der Waals surface area contributed by atoms with E-state index in [0.29, 0.717) is 6.54 Å². The lowest BCUT2D eigenvalue weighted by atomic mass is 10.0. The van der Waals surface area contributed by atoms with E-state index in [1.807, 2.05) is 43.4 Å². The molecule has 1 aromatic heterocycles. The van der Waals surface area contributed by atoms with E-state index in [4.69, 9.17) is 4.52 Å². The Morgan fingerprint density at radius 2 is 2.17 bits per heavy atom. The summed E-state index contributed by atoms with van der Waals surface area (Å²) in [6.45, 7) is 5.01. The van der Waals surface area contributed by atoms with E-state index < -0.39 is 0 Å². The summed E-state index contributed by atoms with van der Waals surface area (Å²) in [5.74, 6) is 2.47. The first-order chi connectivity index (χ1) is 11.3. The van der Waals surface area contributed by atoms with Crippen LogP contribution in [0.2, 0.25) is 0 Å². The van der Waals surface area contributed by atoms with Crippen LogP contribution in [0.4, 0.5) is 0 Å². The number of hydrogen-bond donors (Lipinski definition) is 1. The number of rotatable bonds is 3. The molecule has 1 aliphatic heterocycles. The van der Waals surface area contributed by atoms with Gasteiger partial charge in [-0.05, 0) is 18.8 Å². The number of halogens is 1. The third-order valence-corrected chi connectivity index (χ3v) is 4.22. The lowest BCUT2D eigenvalue weighted by Crippen LogP contribution is -2.45. The highest BCUT2D eigenvalue weighted by Crippen LogP contribution is 2.19. The average Bonchev–Trinajstić information content (AvgIpc) is 3.05. The van der Waals surface area contributed by atoms with Crippen molar-refractivity contribution in [1.29, 1.82) is 0 Å². The number of hydrogen-bond acceptors (Lipinski definition) is 3. The minimum atomic E-state index is 0. The van der Waals surface area contributed by atoms with Crippen molar-refractivity contribution in [3.05, 3.63) is 42.2 Å². The number of aromatic nitrogens is 1. The fourth-order valence-electron chi connectivity index (χ4n) is 3.02. The van der Waals surface area contributed by atoms with Crippen LogP contribution in [0.3, 0.4) is 0 Å². The first kappa shape index (κ1) is 18.8. The van der Waals surface area contributed by atoms with Crippen LogP contribution in [0, 0.1) is 5.92 Å². The van der Waals surface area contributed by atoms with Gasteiger partial charge in [-0.3, -0.25) is 4.99 Å². The molecule has 2 aromatic rings. The molecule has 0 bridgehead atoms. The summed E-state index contributed by atoms with van der Waals surface area (Å²) in [7, 11) is 1.83. The van der Waals surface area contributed by atoms with Crippen LogP contribution >= 0.6 is 24.0 Å². The van der Waals surface area contributed by atoms with Crippen molar-refractivity contribution >= 4 is 29.9 Å². The maximum Gasteiger partial charge on any atom is 0.194 e. The summed E-state index contributed by atoms with van der Waals surface area (Å²) in [4.78, 5) is 6.72. The van der Waals surface area contributed by atoms with Crippen molar-refractivity contribution in [2.24, 2.45) is 10.9 Å². The molecule has 0 aliphatic carbocycles. The highest BCUT2D eigenvalue weighted by Gasteiger charge is 2.19. The Hall–Kier alpha value is -1.57. The van der Waals surface area contributed by atoms with Gasteiger partial charge in [-0.25, -0.2) is 0 Å². The summed E-state index contributed by atoms with van der Waals surface area (Å²) in [5, 5.41) is 7.53. The summed E-state index contributed by atoms with van der Waals surface area (Å²) in [6.07, 6.45) is 2.53. The minimum absolute atomic E-state index is 0. The Morgan fingerprint density at radius 1 is 1.38 bits per heavy atom. The van der Waals surface area contributed by atoms with Crippen molar-refractivity contribution in [3.63, 3.8) is 0 Å². The first-order valence-electron chi connectivity index (χ1n) is 8.23. The molecular formula is C18H25IN4O. The standard InChI is InChI=1S/C18H24N4O.HI/c1-14-7-6-10-22(13-14)18(19-2)20-12-16-11-17(21-23-16)15-8-4-3-5-9-15;/h3-5,8-9,11,14H,6-7,10,12-13H2,1-2H3,(H,19,20);1H. The van der Waals surface area contributed by atoms with E-state index in [1.165, 1.54) is 12.8 Å². The molecule has 1 saturated heterocycles. The maximum absolute atomic E-state index is 5.44. The molecule has 3 rings (SSSR count). The lowest BCUT2D eigenvalue weighted by molar-refractivity contribution is 0.264. The molecule has 1 atom stereocenters. The van der Waals surface area contributed by atoms with Gasteiger partial charge in [-0.1, -0.05) is 42.4 Å². The number of nitrogens with zero attached hydrogens (tertiary/aromatic N) is 3. The molecule has 6 heteroatoms. The van der Waals surface area contributed by atoms with Crippen LogP contribution in [-0.4, -0.2) is 36.2 Å². The molecule has 1 aliphatic rings. The molecule has 0 spiro atoms. The molecule has 1 fully saturated rings. The zero-order chi connectivity index (χ0) is 16.1. The fraction of sp³-hybridized carbons (Fsp3) is 0.444. The monoisotopic (exact) mass is 440 g/mol. The van der Waals surface area contributed by atoms with E-state index in [0.717, 1.165) is 42.0 Å². The summed E-state index contributed by atoms with van der Waals surface area (Å²) in [6, 6.07) is 12.0. The zero-order valence-corrected chi connectivity index (χ0v) is 16.6. The molecule has 5 nitrogen and oxygen atoms in total. The molecule has 0 amide bonds. The topological polar surface area (TPSA) is 53.7 Å². The van der Waals surface area contributed by atoms with Gasteiger partial charge in [-0.15, -0.1) is 24.0 Å².